The second kappa shape index (κ2) is 12.3. The van der Waals surface area contributed by atoms with Gasteiger partial charge in [-0.25, -0.2) is 4.79 Å². The van der Waals surface area contributed by atoms with Crippen LogP contribution in [0.25, 0.3) is 11.1 Å². The molecule has 2 N–H and O–H groups in total. The lowest BCUT2D eigenvalue weighted by atomic mass is 9.83. The van der Waals surface area contributed by atoms with E-state index < -0.39 is 15.8 Å². The maximum atomic E-state index is 12.6. The molecular formula is C27H25N3O7. The van der Waals surface area contributed by atoms with E-state index in [-0.39, 0.29) is 34.4 Å². The molecule has 37 heavy (non-hydrogen) atoms. The van der Waals surface area contributed by atoms with Gasteiger partial charge in [-0.3, -0.25) is 25.0 Å². The van der Waals surface area contributed by atoms with Crippen molar-refractivity contribution in [3.8, 4) is 11.1 Å². The van der Waals surface area contributed by atoms with Gasteiger partial charge in [0.1, 0.15) is 0 Å². The Bertz CT molecular complexity index is 1320. The molecule has 190 valence electrons. The molecule has 4 rings (SSSR count). The zero-order valence-electron chi connectivity index (χ0n) is 19.8. The molecule has 0 unspecified atom stereocenters. The molecule has 3 aromatic rings. The topological polar surface area (TPSA) is 164 Å². The SMILES string of the molecule is N=C(C(=O)c1ccc(-c2ccc([N+](=O)[O-])cc2[N+](=O)[O-])cc1)C1CCCCC1.O=C(O)c1ccccc1. The number of nitrogens with zero attached hydrogens (tertiary/aromatic N) is 2. The van der Waals surface area contributed by atoms with Gasteiger partial charge in [0.15, 0.2) is 0 Å². The van der Waals surface area contributed by atoms with Crippen molar-refractivity contribution in [2.24, 2.45) is 5.92 Å². The molecule has 1 saturated carbocycles. The molecule has 0 amide bonds. The van der Waals surface area contributed by atoms with Crippen LogP contribution in [0.5, 0.6) is 0 Å². The molecule has 10 heteroatoms. The van der Waals surface area contributed by atoms with Crippen molar-refractivity contribution in [2.75, 3.05) is 0 Å². The number of nitrogens with one attached hydrogen (secondary N) is 1. The van der Waals surface area contributed by atoms with Gasteiger partial charge in [-0.05, 0) is 36.6 Å². The summed E-state index contributed by atoms with van der Waals surface area (Å²) < 4.78 is 0. The molecule has 0 atom stereocenters. The Balaban J connectivity index is 0.000000356. The van der Waals surface area contributed by atoms with Gasteiger partial charge < -0.3 is 10.5 Å². The summed E-state index contributed by atoms with van der Waals surface area (Å²) in [6.45, 7) is 0. The molecular weight excluding hydrogens is 478 g/mol. The van der Waals surface area contributed by atoms with E-state index in [4.69, 9.17) is 10.5 Å². The van der Waals surface area contributed by atoms with Crippen molar-refractivity contribution in [3.63, 3.8) is 0 Å². The standard InChI is InChI=1S/C20H19N3O5.C7H6O2/c21-19(14-4-2-1-3-5-14)20(24)15-8-6-13(7-9-15)17-11-10-16(22(25)26)12-18(17)23(27)28;8-7(9)6-4-2-1-3-5-6/h6-12,14,21H,1-5H2;1-5H,(H,8,9). The number of rotatable bonds is 7. The van der Waals surface area contributed by atoms with E-state index >= 15 is 0 Å². The van der Waals surface area contributed by atoms with Crippen LogP contribution in [0, 0.1) is 31.6 Å². The van der Waals surface area contributed by atoms with Gasteiger partial charge in [0.25, 0.3) is 11.4 Å². The molecule has 0 radical (unpaired) electrons. The van der Waals surface area contributed by atoms with Crippen LogP contribution in [0.3, 0.4) is 0 Å². The van der Waals surface area contributed by atoms with Gasteiger partial charge in [-0.2, -0.15) is 0 Å². The first-order valence-electron chi connectivity index (χ1n) is 11.6. The zero-order valence-corrected chi connectivity index (χ0v) is 19.8. The van der Waals surface area contributed by atoms with Gasteiger partial charge in [0, 0.05) is 17.5 Å². The van der Waals surface area contributed by atoms with Crippen LogP contribution in [0.1, 0.15) is 52.8 Å². The molecule has 10 nitrogen and oxygen atoms in total. The third-order valence-corrected chi connectivity index (χ3v) is 6.13. The number of non-ortho nitro benzene ring substituents is 1. The predicted molar refractivity (Wildman–Crippen MR) is 137 cm³/mol. The lowest BCUT2D eigenvalue weighted by Gasteiger charge is -2.21. The number of benzene rings is 3. The molecule has 1 aliphatic rings. The third kappa shape index (κ3) is 6.91. The monoisotopic (exact) mass is 503 g/mol. The van der Waals surface area contributed by atoms with Crippen molar-refractivity contribution in [2.45, 2.75) is 32.1 Å². The van der Waals surface area contributed by atoms with Crippen molar-refractivity contribution in [1.82, 2.24) is 0 Å². The number of nitro benzene ring substituents is 2. The fraction of sp³-hybridized carbons (Fsp3) is 0.222. The van der Waals surface area contributed by atoms with Crippen molar-refractivity contribution in [3.05, 3.63) is 104 Å². The number of carboxylic acids is 1. The van der Waals surface area contributed by atoms with Crippen LogP contribution >= 0.6 is 0 Å². The zero-order chi connectivity index (χ0) is 26.9. The lowest BCUT2D eigenvalue weighted by Crippen LogP contribution is -2.25. The number of carbonyl (C=O) groups excluding carboxylic acids is 1. The predicted octanol–water partition coefficient (Wildman–Crippen LogP) is 6.34. The smallest absolute Gasteiger partial charge is 0.335 e. The highest BCUT2D eigenvalue weighted by Gasteiger charge is 2.25. The molecule has 0 heterocycles. The summed E-state index contributed by atoms with van der Waals surface area (Å²) in [5, 5.41) is 38.8. The van der Waals surface area contributed by atoms with Crippen LogP contribution in [0.15, 0.2) is 72.8 Å². The second-order valence-electron chi connectivity index (χ2n) is 8.54. The van der Waals surface area contributed by atoms with Crippen molar-refractivity contribution < 1.29 is 24.5 Å². The number of hydrogen-bond donors (Lipinski definition) is 2. The number of aromatic carboxylic acids is 1. The number of carbonyl (C=O) groups is 2. The number of carboxylic acid groups (broad SMARTS) is 1. The number of ketones is 1. The molecule has 0 aliphatic heterocycles. The Labute approximate surface area is 212 Å². The van der Waals surface area contributed by atoms with Crippen LogP contribution in [0.4, 0.5) is 11.4 Å². The number of hydrogen-bond acceptors (Lipinski definition) is 7. The molecule has 0 saturated heterocycles. The first-order chi connectivity index (χ1) is 17.7. The number of nitro groups is 2. The molecule has 1 fully saturated rings. The summed E-state index contributed by atoms with van der Waals surface area (Å²) in [4.78, 5) is 43.6. The average Bonchev–Trinajstić information content (AvgIpc) is 2.93. The van der Waals surface area contributed by atoms with E-state index in [1.54, 1.807) is 54.6 Å². The minimum atomic E-state index is -0.879. The quantitative estimate of drug-likeness (QED) is 0.164. The maximum absolute atomic E-state index is 12.6. The largest absolute Gasteiger partial charge is 0.478 e. The van der Waals surface area contributed by atoms with E-state index in [0.717, 1.165) is 38.2 Å². The van der Waals surface area contributed by atoms with Gasteiger partial charge in [0.2, 0.25) is 5.78 Å². The Morgan fingerprint density at radius 1 is 0.811 bits per heavy atom. The van der Waals surface area contributed by atoms with Gasteiger partial charge in [-0.15, -0.1) is 0 Å². The van der Waals surface area contributed by atoms with E-state index in [9.17, 15) is 29.8 Å². The highest BCUT2D eigenvalue weighted by molar-refractivity contribution is 6.45. The van der Waals surface area contributed by atoms with Crippen LogP contribution < -0.4 is 0 Å². The van der Waals surface area contributed by atoms with Crippen LogP contribution in [0.2, 0.25) is 0 Å². The molecule has 0 bridgehead atoms. The summed E-state index contributed by atoms with van der Waals surface area (Å²) in [7, 11) is 0. The Kier molecular flexibility index (Phi) is 8.93. The fourth-order valence-corrected chi connectivity index (χ4v) is 4.14. The van der Waals surface area contributed by atoms with Crippen molar-refractivity contribution in [1.29, 1.82) is 5.41 Å². The number of Topliss-reactive ketones (excluding diaryl/α,β-unsaturated/α-hetero) is 1. The summed E-state index contributed by atoms with van der Waals surface area (Å²) in [6, 6.07) is 18.0. The van der Waals surface area contributed by atoms with Crippen LogP contribution in [-0.2, 0) is 0 Å². The Hall–Kier alpha value is -4.73. The van der Waals surface area contributed by atoms with Gasteiger partial charge in [-0.1, -0.05) is 61.7 Å². The molecule has 3 aromatic carbocycles. The minimum absolute atomic E-state index is 0.00307. The van der Waals surface area contributed by atoms with Crippen LogP contribution in [-0.4, -0.2) is 32.4 Å². The summed E-state index contributed by atoms with van der Waals surface area (Å²) in [5.74, 6) is -1.20. The Morgan fingerprint density at radius 2 is 1.43 bits per heavy atom. The fourth-order valence-electron chi connectivity index (χ4n) is 4.14. The molecule has 0 aromatic heterocycles. The van der Waals surface area contributed by atoms with E-state index in [0.29, 0.717) is 16.7 Å². The van der Waals surface area contributed by atoms with E-state index in [1.165, 1.54) is 12.1 Å². The Morgan fingerprint density at radius 3 is 1.95 bits per heavy atom. The first-order valence-corrected chi connectivity index (χ1v) is 11.6. The van der Waals surface area contributed by atoms with Gasteiger partial charge >= 0.3 is 5.97 Å². The molecule has 0 spiro atoms. The average molecular weight is 504 g/mol. The lowest BCUT2D eigenvalue weighted by molar-refractivity contribution is -0.393. The summed E-state index contributed by atoms with van der Waals surface area (Å²) in [5.41, 5.74) is 0.792. The molecule has 1 aliphatic carbocycles. The minimum Gasteiger partial charge on any atom is -0.478 e. The first kappa shape index (κ1) is 26.9. The highest BCUT2D eigenvalue weighted by Crippen LogP contribution is 2.33. The van der Waals surface area contributed by atoms with E-state index in [1.807, 2.05) is 0 Å². The van der Waals surface area contributed by atoms with Gasteiger partial charge in [0.05, 0.1) is 32.8 Å². The normalized spacial score (nSPS) is 13.1. The summed E-state index contributed by atoms with van der Waals surface area (Å²) in [6.07, 6.45) is 4.92. The third-order valence-electron chi connectivity index (χ3n) is 6.13. The maximum Gasteiger partial charge on any atom is 0.335 e. The van der Waals surface area contributed by atoms with Crippen molar-refractivity contribution >= 4 is 28.8 Å². The summed E-state index contributed by atoms with van der Waals surface area (Å²) >= 11 is 0. The highest BCUT2D eigenvalue weighted by atomic mass is 16.6. The van der Waals surface area contributed by atoms with E-state index in [2.05, 4.69) is 0 Å². The second-order valence-corrected chi connectivity index (χ2v) is 8.54.